The summed E-state index contributed by atoms with van der Waals surface area (Å²) in [7, 11) is 1.92. The van der Waals surface area contributed by atoms with Crippen molar-refractivity contribution in [3.63, 3.8) is 0 Å². The van der Waals surface area contributed by atoms with Gasteiger partial charge in [-0.1, -0.05) is 53.4 Å². The highest BCUT2D eigenvalue weighted by molar-refractivity contribution is 6.67. The molecule has 0 bridgehead atoms. The number of nitrogens with zero attached hydrogens (tertiary/aromatic N) is 1. The summed E-state index contributed by atoms with van der Waals surface area (Å²) in [5.74, 6) is 0. The minimum Gasteiger partial charge on any atom is -0.412 e. The van der Waals surface area contributed by atoms with E-state index in [0.29, 0.717) is 5.56 Å². The maximum absolute atomic E-state index is 10.8. The highest BCUT2D eigenvalue weighted by atomic mass is 16.6. The number of benzene rings is 2. The zero-order chi connectivity index (χ0) is 12.3. The smallest absolute Gasteiger partial charge is 0.271 e. The van der Waals surface area contributed by atoms with Crippen LogP contribution in [0.1, 0.15) is 5.56 Å². The molecule has 2 rings (SSSR count). The topological polar surface area (TPSA) is 106 Å². The fourth-order valence-corrected chi connectivity index (χ4v) is 1.65. The first-order valence-corrected chi connectivity index (χ1v) is 5.31. The average molecular weight is 260 g/mol. The summed E-state index contributed by atoms with van der Waals surface area (Å²) in [6, 6.07) is 15.0. The first kappa shape index (κ1) is 16.8. The molecule has 0 aliphatic carbocycles. The van der Waals surface area contributed by atoms with Gasteiger partial charge in [0.2, 0.25) is 0 Å². The number of rotatable bonds is 3. The van der Waals surface area contributed by atoms with Gasteiger partial charge in [0, 0.05) is 11.6 Å². The molecular weight excluding hydrogens is 245 g/mol. The Kier molecular flexibility index (Phi) is 6.47. The molecule has 0 unspecified atom stereocenters. The molecule has 2 aromatic carbocycles. The molecule has 0 saturated carbocycles. The zero-order valence-electron chi connectivity index (χ0n) is 10.5. The lowest BCUT2D eigenvalue weighted by Crippen LogP contribution is -2.26. The van der Waals surface area contributed by atoms with Crippen LogP contribution in [0.4, 0.5) is 5.69 Å². The highest BCUT2D eigenvalue weighted by Gasteiger charge is 2.11. The van der Waals surface area contributed by atoms with Crippen molar-refractivity contribution in [3.05, 3.63) is 64.2 Å². The van der Waals surface area contributed by atoms with Crippen molar-refractivity contribution < 1.29 is 15.9 Å². The fraction of sp³-hybridized carbons (Fsp3) is 0.0769. The molecule has 5 nitrogen and oxygen atoms in total. The van der Waals surface area contributed by atoms with Gasteiger partial charge in [-0.3, -0.25) is 10.1 Å². The molecule has 0 saturated heterocycles. The van der Waals surface area contributed by atoms with E-state index in [-0.39, 0.29) is 21.6 Å². The minimum absolute atomic E-state index is 0. The van der Waals surface area contributed by atoms with Crippen LogP contribution in [0.3, 0.4) is 0 Å². The number of hydrogen-bond donors (Lipinski definition) is 0. The number of hydrogen-bond acceptors (Lipinski definition) is 2. The van der Waals surface area contributed by atoms with Crippen LogP contribution in [0.25, 0.3) is 0 Å². The molecular formula is C13H15BNO4. The van der Waals surface area contributed by atoms with Crippen LogP contribution in [0.15, 0.2) is 48.5 Å². The second-order valence-electron chi connectivity index (χ2n) is 3.86. The molecule has 0 spiro atoms. The molecule has 1 radical (unpaired) electrons. The minimum atomic E-state index is -0.350. The van der Waals surface area contributed by atoms with E-state index in [1.54, 1.807) is 19.1 Å². The molecule has 2 aromatic rings. The molecule has 0 aromatic heterocycles. The maximum Gasteiger partial charge on any atom is 0.271 e. The third-order valence-corrected chi connectivity index (χ3v) is 2.56. The Morgan fingerprint density at radius 2 is 1.63 bits per heavy atom. The second kappa shape index (κ2) is 7.30. The largest absolute Gasteiger partial charge is 0.412 e. The summed E-state index contributed by atoms with van der Waals surface area (Å²) in [6.07, 6.45) is 0. The van der Waals surface area contributed by atoms with Gasteiger partial charge < -0.3 is 11.0 Å². The third-order valence-electron chi connectivity index (χ3n) is 2.56. The van der Waals surface area contributed by atoms with Crippen molar-refractivity contribution in [1.29, 1.82) is 0 Å². The Morgan fingerprint density at radius 3 is 2.21 bits per heavy atom. The van der Waals surface area contributed by atoms with Gasteiger partial charge in [-0.05, 0) is 6.92 Å². The quantitative estimate of drug-likeness (QED) is 0.437. The summed E-state index contributed by atoms with van der Waals surface area (Å²) in [4.78, 5) is 10.5. The standard InChI is InChI=1S/C13H11BNO2.2H2O/c1-10-7-8-12(9-13(10)15(16)17)14-11-5-3-2-4-6-11;;/h2-9H,1H3;2*1H2. The van der Waals surface area contributed by atoms with Crippen LogP contribution in [0, 0.1) is 17.0 Å². The highest BCUT2D eigenvalue weighted by Crippen LogP contribution is 2.14. The molecule has 19 heavy (non-hydrogen) atoms. The van der Waals surface area contributed by atoms with Crippen LogP contribution in [-0.2, 0) is 0 Å². The second-order valence-corrected chi connectivity index (χ2v) is 3.86. The first-order chi connectivity index (χ1) is 8.16. The monoisotopic (exact) mass is 260 g/mol. The Hall–Kier alpha value is -2.18. The molecule has 6 heteroatoms. The molecule has 0 heterocycles. The van der Waals surface area contributed by atoms with Crippen molar-refractivity contribution in [2.24, 2.45) is 0 Å². The Morgan fingerprint density at radius 1 is 1.00 bits per heavy atom. The molecule has 0 fully saturated rings. The molecule has 4 N–H and O–H groups in total. The molecule has 0 atom stereocenters. The van der Waals surface area contributed by atoms with E-state index in [2.05, 4.69) is 0 Å². The average Bonchev–Trinajstić information content (AvgIpc) is 2.32. The zero-order valence-corrected chi connectivity index (χ0v) is 10.5. The number of nitro groups is 1. The third kappa shape index (κ3) is 4.20. The number of aryl methyl sites for hydroxylation is 1. The summed E-state index contributed by atoms with van der Waals surface area (Å²) in [5, 5.41) is 10.8. The Balaban J connectivity index is 0.00000162. The van der Waals surface area contributed by atoms with Gasteiger partial charge >= 0.3 is 0 Å². The molecule has 0 aliphatic heterocycles. The van der Waals surface area contributed by atoms with E-state index in [0.717, 1.165) is 10.9 Å². The van der Waals surface area contributed by atoms with Crippen LogP contribution in [0.5, 0.6) is 0 Å². The van der Waals surface area contributed by atoms with E-state index >= 15 is 0 Å². The van der Waals surface area contributed by atoms with Gasteiger partial charge in [0.25, 0.3) is 5.69 Å². The summed E-state index contributed by atoms with van der Waals surface area (Å²) >= 11 is 0. The van der Waals surface area contributed by atoms with Crippen LogP contribution in [-0.4, -0.2) is 23.2 Å². The van der Waals surface area contributed by atoms with Gasteiger partial charge in [0.15, 0.2) is 7.28 Å². The van der Waals surface area contributed by atoms with E-state index in [9.17, 15) is 10.1 Å². The van der Waals surface area contributed by atoms with Crippen molar-refractivity contribution in [2.75, 3.05) is 0 Å². The predicted molar refractivity (Wildman–Crippen MR) is 76.5 cm³/mol. The lowest BCUT2D eigenvalue weighted by Gasteiger charge is -2.02. The van der Waals surface area contributed by atoms with Crippen molar-refractivity contribution >= 4 is 23.9 Å². The first-order valence-electron chi connectivity index (χ1n) is 5.31. The van der Waals surface area contributed by atoms with E-state index in [1.807, 2.05) is 43.7 Å². The SMILES string of the molecule is Cc1ccc([B]c2ccccc2)cc1[N+](=O)[O-].O.O. The van der Waals surface area contributed by atoms with Crippen molar-refractivity contribution in [1.82, 2.24) is 0 Å². The van der Waals surface area contributed by atoms with Crippen molar-refractivity contribution in [3.8, 4) is 0 Å². The van der Waals surface area contributed by atoms with Crippen LogP contribution < -0.4 is 10.9 Å². The normalized spacial score (nSPS) is 8.89. The van der Waals surface area contributed by atoms with Crippen LogP contribution >= 0.6 is 0 Å². The molecule has 0 aliphatic rings. The molecule has 0 amide bonds. The maximum atomic E-state index is 10.8. The lowest BCUT2D eigenvalue weighted by molar-refractivity contribution is -0.385. The van der Waals surface area contributed by atoms with E-state index < -0.39 is 0 Å². The van der Waals surface area contributed by atoms with Crippen LogP contribution in [0.2, 0.25) is 0 Å². The fourth-order valence-electron chi connectivity index (χ4n) is 1.65. The van der Waals surface area contributed by atoms with Gasteiger partial charge in [-0.15, -0.1) is 0 Å². The number of nitro benzene ring substituents is 1. The van der Waals surface area contributed by atoms with Crippen molar-refractivity contribution in [2.45, 2.75) is 6.92 Å². The summed E-state index contributed by atoms with van der Waals surface area (Å²) < 4.78 is 0. The Bertz CT molecular complexity index is 546. The summed E-state index contributed by atoms with van der Waals surface area (Å²) in [5.41, 5.74) is 2.72. The summed E-state index contributed by atoms with van der Waals surface area (Å²) in [6.45, 7) is 1.74. The predicted octanol–water partition coefficient (Wildman–Crippen LogP) is -0.0912. The molecule has 99 valence electrons. The van der Waals surface area contributed by atoms with E-state index in [4.69, 9.17) is 0 Å². The van der Waals surface area contributed by atoms with Gasteiger partial charge in [0.1, 0.15) is 0 Å². The van der Waals surface area contributed by atoms with Gasteiger partial charge in [-0.25, -0.2) is 0 Å². The van der Waals surface area contributed by atoms with E-state index in [1.165, 1.54) is 0 Å². The van der Waals surface area contributed by atoms with Gasteiger partial charge in [-0.2, -0.15) is 0 Å². The Labute approximate surface area is 111 Å². The van der Waals surface area contributed by atoms with Gasteiger partial charge in [0.05, 0.1) is 4.92 Å². The lowest BCUT2D eigenvalue weighted by atomic mass is 9.64.